The van der Waals surface area contributed by atoms with Crippen molar-refractivity contribution in [2.75, 3.05) is 6.54 Å². The summed E-state index contributed by atoms with van der Waals surface area (Å²) in [6, 6.07) is 5.44. The number of nitrogens with two attached hydrogens (primary N) is 1. The quantitative estimate of drug-likeness (QED) is 0.678. The zero-order chi connectivity index (χ0) is 9.26. The van der Waals surface area contributed by atoms with E-state index in [1.54, 1.807) is 6.07 Å². The standard InChI is InChI=1S/C10H11NO2/c11-5-9-4-8-3-7(6-12)1-2-10(8)13-9/h1-3,6,9H,4-5,11H2/t9-/m1/s1. The van der Waals surface area contributed by atoms with Gasteiger partial charge in [-0.25, -0.2) is 0 Å². The molecule has 2 rings (SSSR count). The molecule has 0 bridgehead atoms. The van der Waals surface area contributed by atoms with Crippen molar-refractivity contribution in [2.24, 2.45) is 5.73 Å². The Hall–Kier alpha value is -1.35. The van der Waals surface area contributed by atoms with E-state index in [0.29, 0.717) is 12.1 Å². The maximum Gasteiger partial charge on any atom is 0.150 e. The summed E-state index contributed by atoms with van der Waals surface area (Å²) in [6.45, 7) is 0.519. The number of carbonyl (C=O) groups excluding carboxylic acids is 1. The van der Waals surface area contributed by atoms with Crippen LogP contribution in [0.15, 0.2) is 18.2 Å². The zero-order valence-corrected chi connectivity index (χ0v) is 7.19. The second-order valence-electron chi connectivity index (χ2n) is 3.16. The van der Waals surface area contributed by atoms with Gasteiger partial charge in [-0.3, -0.25) is 4.79 Å². The Labute approximate surface area is 76.5 Å². The van der Waals surface area contributed by atoms with Crippen LogP contribution in [0.4, 0.5) is 0 Å². The second-order valence-corrected chi connectivity index (χ2v) is 3.16. The summed E-state index contributed by atoms with van der Waals surface area (Å²) < 4.78 is 5.51. The first-order valence-corrected chi connectivity index (χ1v) is 4.28. The third kappa shape index (κ3) is 1.42. The van der Waals surface area contributed by atoms with Crippen LogP contribution in [-0.4, -0.2) is 18.9 Å². The molecule has 0 fully saturated rings. The zero-order valence-electron chi connectivity index (χ0n) is 7.19. The molecule has 0 aromatic heterocycles. The lowest BCUT2D eigenvalue weighted by Gasteiger charge is -2.05. The third-order valence-corrected chi connectivity index (χ3v) is 2.22. The summed E-state index contributed by atoms with van der Waals surface area (Å²) >= 11 is 0. The van der Waals surface area contributed by atoms with Crippen LogP contribution in [0.2, 0.25) is 0 Å². The normalized spacial score (nSPS) is 19.3. The van der Waals surface area contributed by atoms with Crippen LogP contribution in [0.5, 0.6) is 5.75 Å². The van der Waals surface area contributed by atoms with Gasteiger partial charge in [-0.05, 0) is 23.8 Å². The molecule has 2 N–H and O–H groups in total. The van der Waals surface area contributed by atoms with E-state index in [4.69, 9.17) is 10.5 Å². The Kier molecular flexibility index (Phi) is 2.02. The van der Waals surface area contributed by atoms with Crippen LogP contribution in [0.25, 0.3) is 0 Å². The van der Waals surface area contributed by atoms with E-state index in [1.807, 2.05) is 12.1 Å². The van der Waals surface area contributed by atoms with Crippen molar-refractivity contribution in [3.05, 3.63) is 29.3 Å². The van der Waals surface area contributed by atoms with E-state index < -0.39 is 0 Å². The lowest BCUT2D eigenvalue weighted by molar-refractivity contribution is 0.112. The average Bonchev–Trinajstić information content (AvgIpc) is 2.58. The summed E-state index contributed by atoms with van der Waals surface area (Å²) in [6.07, 6.45) is 1.74. The van der Waals surface area contributed by atoms with Crippen molar-refractivity contribution < 1.29 is 9.53 Å². The molecular weight excluding hydrogens is 166 g/mol. The molecule has 1 aliphatic heterocycles. The number of ether oxygens (including phenoxy) is 1. The van der Waals surface area contributed by atoms with Crippen molar-refractivity contribution in [3.63, 3.8) is 0 Å². The molecule has 1 atom stereocenters. The third-order valence-electron chi connectivity index (χ3n) is 2.22. The molecule has 0 saturated heterocycles. The molecule has 13 heavy (non-hydrogen) atoms. The Bertz CT molecular complexity index is 336. The summed E-state index contributed by atoms with van der Waals surface area (Å²) in [5.74, 6) is 0.862. The SMILES string of the molecule is NC[C@H]1Cc2cc(C=O)ccc2O1. The molecule has 0 unspecified atom stereocenters. The molecule has 0 saturated carbocycles. The lowest BCUT2D eigenvalue weighted by Crippen LogP contribution is -2.24. The van der Waals surface area contributed by atoms with Gasteiger partial charge in [0.1, 0.15) is 18.1 Å². The topological polar surface area (TPSA) is 52.3 Å². The minimum absolute atomic E-state index is 0.0805. The van der Waals surface area contributed by atoms with Gasteiger partial charge >= 0.3 is 0 Å². The van der Waals surface area contributed by atoms with E-state index in [1.165, 1.54) is 0 Å². The first kappa shape index (κ1) is 8.26. The minimum Gasteiger partial charge on any atom is -0.488 e. The van der Waals surface area contributed by atoms with E-state index in [9.17, 15) is 4.79 Å². The van der Waals surface area contributed by atoms with E-state index in [0.717, 1.165) is 24.0 Å². The summed E-state index contributed by atoms with van der Waals surface area (Å²) in [7, 11) is 0. The van der Waals surface area contributed by atoms with Gasteiger partial charge in [-0.15, -0.1) is 0 Å². The molecule has 1 aromatic rings. The van der Waals surface area contributed by atoms with Crippen LogP contribution in [0, 0.1) is 0 Å². The molecule has 0 aliphatic carbocycles. The Morgan fingerprint density at radius 1 is 1.62 bits per heavy atom. The summed E-state index contributed by atoms with van der Waals surface area (Å²) in [5.41, 5.74) is 7.27. The van der Waals surface area contributed by atoms with Crippen LogP contribution in [0.3, 0.4) is 0 Å². The number of hydrogen-bond acceptors (Lipinski definition) is 3. The molecule has 0 amide bonds. The van der Waals surface area contributed by atoms with Gasteiger partial charge in [0.25, 0.3) is 0 Å². The molecule has 1 aromatic carbocycles. The highest BCUT2D eigenvalue weighted by molar-refractivity contribution is 5.75. The highest BCUT2D eigenvalue weighted by Gasteiger charge is 2.21. The molecule has 68 valence electrons. The van der Waals surface area contributed by atoms with Gasteiger partial charge in [0.15, 0.2) is 0 Å². The minimum atomic E-state index is 0.0805. The van der Waals surface area contributed by atoms with Crippen LogP contribution in [0.1, 0.15) is 15.9 Å². The molecule has 0 radical (unpaired) electrons. The molecule has 3 nitrogen and oxygen atoms in total. The smallest absolute Gasteiger partial charge is 0.150 e. The van der Waals surface area contributed by atoms with Gasteiger partial charge in [0, 0.05) is 18.5 Å². The number of benzene rings is 1. The average molecular weight is 177 g/mol. The predicted octanol–water partition coefficient (Wildman–Crippen LogP) is 0.761. The highest BCUT2D eigenvalue weighted by atomic mass is 16.5. The first-order valence-electron chi connectivity index (χ1n) is 4.28. The van der Waals surface area contributed by atoms with E-state index >= 15 is 0 Å². The van der Waals surface area contributed by atoms with Crippen LogP contribution < -0.4 is 10.5 Å². The largest absolute Gasteiger partial charge is 0.488 e. The van der Waals surface area contributed by atoms with Gasteiger partial charge < -0.3 is 10.5 Å². The molecule has 0 spiro atoms. The van der Waals surface area contributed by atoms with Crippen molar-refractivity contribution in [1.29, 1.82) is 0 Å². The molecule has 3 heteroatoms. The predicted molar refractivity (Wildman–Crippen MR) is 49.0 cm³/mol. The Morgan fingerprint density at radius 2 is 2.46 bits per heavy atom. The van der Waals surface area contributed by atoms with Crippen LogP contribution >= 0.6 is 0 Å². The number of hydrogen-bond donors (Lipinski definition) is 1. The van der Waals surface area contributed by atoms with Crippen molar-refractivity contribution in [3.8, 4) is 5.75 Å². The second kappa shape index (κ2) is 3.18. The van der Waals surface area contributed by atoms with Gasteiger partial charge in [-0.2, -0.15) is 0 Å². The fourth-order valence-corrected chi connectivity index (χ4v) is 1.55. The Morgan fingerprint density at radius 3 is 3.15 bits per heavy atom. The van der Waals surface area contributed by atoms with Gasteiger partial charge in [0.2, 0.25) is 0 Å². The maximum absolute atomic E-state index is 10.5. The summed E-state index contributed by atoms with van der Waals surface area (Å²) in [5, 5.41) is 0. The monoisotopic (exact) mass is 177 g/mol. The maximum atomic E-state index is 10.5. The Balaban J connectivity index is 2.30. The number of carbonyl (C=O) groups is 1. The highest BCUT2D eigenvalue weighted by Crippen LogP contribution is 2.28. The number of fused-ring (bicyclic) bond motifs is 1. The summed E-state index contributed by atoms with van der Waals surface area (Å²) in [4.78, 5) is 10.5. The fourth-order valence-electron chi connectivity index (χ4n) is 1.55. The van der Waals surface area contributed by atoms with Crippen molar-refractivity contribution in [2.45, 2.75) is 12.5 Å². The van der Waals surface area contributed by atoms with Crippen LogP contribution in [-0.2, 0) is 6.42 Å². The van der Waals surface area contributed by atoms with Gasteiger partial charge in [-0.1, -0.05) is 0 Å². The number of aldehydes is 1. The van der Waals surface area contributed by atoms with E-state index in [-0.39, 0.29) is 6.10 Å². The van der Waals surface area contributed by atoms with Crippen molar-refractivity contribution in [1.82, 2.24) is 0 Å². The lowest BCUT2D eigenvalue weighted by atomic mass is 10.1. The first-order chi connectivity index (χ1) is 6.33. The van der Waals surface area contributed by atoms with Crippen molar-refractivity contribution >= 4 is 6.29 Å². The molecule has 1 heterocycles. The molecule has 1 aliphatic rings. The number of rotatable bonds is 2. The van der Waals surface area contributed by atoms with E-state index in [2.05, 4.69) is 0 Å². The molecular formula is C10H11NO2. The fraction of sp³-hybridized carbons (Fsp3) is 0.300. The van der Waals surface area contributed by atoms with Gasteiger partial charge in [0.05, 0.1) is 0 Å².